The largest absolute Gasteiger partial charge is 0.503 e. The van der Waals surface area contributed by atoms with E-state index in [1.165, 1.54) is 12.3 Å². The third-order valence-corrected chi connectivity index (χ3v) is 2.57. The number of aromatic amines is 1. The molecule has 0 spiro atoms. The zero-order valence-electron chi connectivity index (χ0n) is 9.28. The van der Waals surface area contributed by atoms with Crippen LogP contribution in [0.25, 0.3) is 0 Å². The van der Waals surface area contributed by atoms with Crippen molar-refractivity contribution in [3.63, 3.8) is 0 Å². The minimum absolute atomic E-state index is 0.313. The van der Waals surface area contributed by atoms with E-state index in [1.807, 2.05) is 0 Å². The number of hydrogen-bond acceptors (Lipinski definition) is 3. The molecule has 0 aliphatic heterocycles. The molecule has 0 atom stereocenters. The number of hydrogen-bond donors (Lipinski definition) is 2. The van der Waals surface area contributed by atoms with Crippen LogP contribution in [0.2, 0.25) is 0 Å². The van der Waals surface area contributed by atoms with Crippen molar-refractivity contribution in [1.82, 2.24) is 10.2 Å². The Morgan fingerprint density at radius 3 is 2.72 bits per heavy atom. The van der Waals surface area contributed by atoms with Gasteiger partial charge in [-0.05, 0) is 30.5 Å². The zero-order valence-corrected chi connectivity index (χ0v) is 9.28. The van der Waals surface area contributed by atoms with Gasteiger partial charge in [-0.1, -0.05) is 6.07 Å². The highest BCUT2D eigenvalue weighted by Gasteiger charge is 2.07. The van der Waals surface area contributed by atoms with Gasteiger partial charge in [-0.2, -0.15) is 5.10 Å². The summed E-state index contributed by atoms with van der Waals surface area (Å²) in [6.07, 6.45) is 2.01. The molecule has 0 radical (unpaired) electrons. The molecule has 0 unspecified atom stereocenters. The normalized spacial score (nSPS) is 10.6. The quantitative estimate of drug-likeness (QED) is 0.870. The van der Waals surface area contributed by atoms with Crippen LogP contribution in [0.4, 0.5) is 8.78 Å². The molecule has 0 saturated heterocycles. The molecule has 18 heavy (non-hydrogen) atoms. The summed E-state index contributed by atoms with van der Waals surface area (Å²) in [6.45, 7) is 0. The van der Waals surface area contributed by atoms with Gasteiger partial charge in [0.1, 0.15) is 0 Å². The summed E-state index contributed by atoms with van der Waals surface area (Å²) in [6, 6.07) is 3.59. The number of rotatable bonds is 3. The second-order valence-corrected chi connectivity index (χ2v) is 3.82. The van der Waals surface area contributed by atoms with Gasteiger partial charge in [0, 0.05) is 5.56 Å². The van der Waals surface area contributed by atoms with E-state index in [2.05, 4.69) is 10.2 Å². The van der Waals surface area contributed by atoms with Crippen molar-refractivity contribution in [2.75, 3.05) is 0 Å². The molecule has 4 nitrogen and oxygen atoms in total. The van der Waals surface area contributed by atoms with Gasteiger partial charge >= 0.3 is 5.56 Å². The smallest absolute Gasteiger partial charge is 0.306 e. The number of benzene rings is 1. The van der Waals surface area contributed by atoms with Crippen molar-refractivity contribution in [1.29, 1.82) is 0 Å². The van der Waals surface area contributed by atoms with Crippen molar-refractivity contribution < 1.29 is 13.9 Å². The molecule has 0 saturated carbocycles. The standard InChI is InChI=1S/C12H10F2N2O2/c13-9-4-2-7(5-10(9)14)1-3-8-6-15-16-12(18)11(8)17/h2,4-6H,1,3H2,(H,15,17)(H,16,18). The molecular weight excluding hydrogens is 242 g/mol. The Morgan fingerprint density at radius 2 is 2.00 bits per heavy atom. The molecule has 1 heterocycles. The second-order valence-electron chi connectivity index (χ2n) is 3.82. The van der Waals surface area contributed by atoms with E-state index in [0.29, 0.717) is 24.0 Å². The molecule has 0 amide bonds. The molecule has 1 aromatic heterocycles. The minimum atomic E-state index is -0.916. The van der Waals surface area contributed by atoms with Crippen LogP contribution in [0.5, 0.6) is 5.75 Å². The minimum Gasteiger partial charge on any atom is -0.503 e. The Kier molecular flexibility index (Phi) is 3.36. The molecule has 1 aromatic carbocycles. The first-order chi connectivity index (χ1) is 8.58. The van der Waals surface area contributed by atoms with Crippen LogP contribution in [-0.4, -0.2) is 15.3 Å². The van der Waals surface area contributed by atoms with Crippen LogP contribution < -0.4 is 5.56 Å². The zero-order chi connectivity index (χ0) is 13.1. The van der Waals surface area contributed by atoms with Crippen LogP contribution >= 0.6 is 0 Å². The van der Waals surface area contributed by atoms with E-state index in [-0.39, 0.29) is 0 Å². The summed E-state index contributed by atoms with van der Waals surface area (Å²) in [4.78, 5) is 11.1. The van der Waals surface area contributed by atoms with Gasteiger partial charge in [-0.25, -0.2) is 13.9 Å². The Hall–Kier alpha value is -2.24. The van der Waals surface area contributed by atoms with E-state index >= 15 is 0 Å². The van der Waals surface area contributed by atoms with Gasteiger partial charge in [0.25, 0.3) is 0 Å². The Labute approximate surface area is 101 Å². The molecule has 2 aromatic rings. The molecule has 6 heteroatoms. The predicted octanol–water partition coefficient (Wildman–Crippen LogP) is 1.54. The highest BCUT2D eigenvalue weighted by molar-refractivity contribution is 5.28. The van der Waals surface area contributed by atoms with Gasteiger partial charge in [-0.15, -0.1) is 0 Å². The first-order valence-electron chi connectivity index (χ1n) is 5.27. The van der Waals surface area contributed by atoms with Gasteiger partial charge in [0.05, 0.1) is 6.20 Å². The monoisotopic (exact) mass is 252 g/mol. The van der Waals surface area contributed by atoms with Crippen molar-refractivity contribution >= 4 is 0 Å². The maximum atomic E-state index is 13.0. The summed E-state index contributed by atoms with van der Waals surface area (Å²) in [5.41, 5.74) is 0.273. The Bertz CT molecular complexity index is 626. The average molecular weight is 252 g/mol. The van der Waals surface area contributed by atoms with Crippen LogP contribution in [-0.2, 0) is 12.8 Å². The van der Waals surface area contributed by atoms with Crippen LogP contribution in [0.3, 0.4) is 0 Å². The van der Waals surface area contributed by atoms with Crippen molar-refractivity contribution in [2.24, 2.45) is 0 Å². The summed E-state index contributed by atoms with van der Waals surface area (Å²) in [5, 5.41) is 15.1. The van der Waals surface area contributed by atoms with E-state index in [1.54, 1.807) is 0 Å². The molecule has 94 valence electrons. The number of halogens is 2. The fourth-order valence-corrected chi connectivity index (χ4v) is 1.59. The molecule has 0 bridgehead atoms. The first-order valence-corrected chi connectivity index (χ1v) is 5.27. The van der Waals surface area contributed by atoms with Gasteiger partial charge < -0.3 is 5.11 Å². The number of aromatic hydroxyl groups is 1. The van der Waals surface area contributed by atoms with Crippen LogP contribution in [0.1, 0.15) is 11.1 Å². The lowest BCUT2D eigenvalue weighted by Gasteiger charge is -2.03. The molecule has 0 aliphatic carbocycles. The molecule has 2 N–H and O–H groups in total. The first kappa shape index (κ1) is 12.2. The summed E-state index contributed by atoms with van der Waals surface area (Å²) >= 11 is 0. The molecule has 0 fully saturated rings. The van der Waals surface area contributed by atoms with E-state index in [4.69, 9.17) is 0 Å². The maximum Gasteiger partial charge on any atom is 0.306 e. The lowest BCUT2D eigenvalue weighted by molar-refractivity contribution is 0.456. The SMILES string of the molecule is O=c1[nH]ncc(CCc2ccc(F)c(F)c2)c1O. The van der Waals surface area contributed by atoms with E-state index in [9.17, 15) is 18.7 Å². The van der Waals surface area contributed by atoms with Crippen LogP contribution in [0, 0.1) is 11.6 Å². The molecular formula is C12H10F2N2O2. The van der Waals surface area contributed by atoms with Crippen molar-refractivity contribution in [2.45, 2.75) is 12.8 Å². The van der Waals surface area contributed by atoms with Gasteiger partial charge in [0.15, 0.2) is 17.4 Å². The number of aromatic nitrogens is 2. The highest BCUT2D eigenvalue weighted by atomic mass is 19.2. The number of nitrogens with one attached hydrogen (secondary N) is 1. The summed E-state index contributed by atoms with van der Waals surface area (Å²) in [7, 11) is 0. The fraction of sp³-hybridized carbons (Fsp3) is 0.167. The second kappa shape index (κ2) is 4.95. The van der Waals surface area contributed by atoms with Crippen molar-refractivity contribution in [3.8, 4) is 5.75 Å². The summed E-state index contributed by atoms with van der Waals surface area (Å²) in [5.74, 6) is -2.22. The summed E-state index contributed by atoms with van der Waals surface area (Å²) < 4.78 is 25.7. The predicted molar refractivity (Wildman–Crippen MR) is 60.3 cm³/mol. The lowest BCUT2D eigenvalue weighted by Crippen LogP contribution is -2.09. The van der Waals surface area contributed by atoms with E-state index in [0.717, 1.165) is 12.1 Å². The third kappa shape index (κ3) is 2.53. The average Bonchev–Trinajstić information content (AvgIpc) is 2.35. The number of H-pyrrole nitrogens is 1. The van der Waals surface area contributed by atoms with Gasteiger partial charge in [-0.3, -0.25) is 4.79 Å². The third-order valence-electron chi connectivity index (χ3n) is 2.57. The maximum absolute atomic E-state index is 13.0. The van der Waals surface area contributed by atoms with Gasteiger partial charge in [0.2, 0.25) is 0 Å². The highest BCUT2D eigenvalue weighted by Crippen LogP contribution is 2.14. The molecule has 0 aliphatic rings. The number of aryl methyl sites for hydroxylation is 2. The Balaban J connectivity index is 2.14. The van der Waals surface area contributed by atoms with E-state index < -0.39 is 22.9 Å². The van der Waals surface area contributed by atoms with Crippen molar-refractivity contribution in [3.05, 3.63) is 57.5 Å². The van der Waals surface area contributed by atoms with Crippen LogP contribution in [0.15, 0.2) is 29.2 Å². The molecule has 2 rings (SSSR count). The fourth-order valence-electron chi connectivity index (χ4n) is 1.59. The topological polar surface area (TPSA) is 66.0 Å². The number of nitrogens with zero attached hydrogens (tertiary/aromatic N) is 1. The lowest BCUT2D eigenvalue weighted by atomic mass is 10.1. The Morgan fingerprint density at radius 1 is 1.22 bits per heavy atom.